The van der Waals surface area contributed by atoms with E-state index in [4.69, 9.17) is 11.1 Å². The third kappa shape index (κ3) is 5.00. The average molecular weight is 226 g/mol. The number of hydrogen-bond donors (Lipinski definition) is 4. The van der Waals surface area contributed by atoms with Gasteiger partial charge in [0.05, 0.1) is 0 Å². The quantitative estimate of drug-likeness (QED) is 0.313. The molecule has 0 saturated heterocycles. The second kappa shape index (κ2) is 7.09. The van der Waals surface area contributed by atoms with Crippen LogP contribution in [0.15, 0.2) is 0 Å². The van der Waals surface area contributed by atoms with Gasteiger partial charge in [0, 0.05) is 19.0 Å². The number of carbonyl (C=O) groups is 1. The minimum Gasteiger partial charge on any atom is -0.370 e. The Kier molecular flexibility index (Phi) is 5.67. The molecule has 0 bridgehead atoms. The van der Waals surface area contributed by atoms with Crippen LogP contribution < -0.4 is 16.4 Å². The predicted molar refractivity (Wildman–Crippen MR) is 64.1 cm³/mol. The van der Waals surface area contributed by atoms with Crippen LogP contribution in [0.25, 0.3) is 0 Å². The van der Waals surface area contributed by atoms with E-state index in [1.807, 2.05) is 0 Å². The topological polar surface area (TPSA) is 91.0 Å². The number of nitrogens with two attached hydrogens (primary N) is 1. The van der Waals surface area contributed by atoms with Gasteiger partial charge in [0.2, 0.25) is 5.91 Å². The highest BCUT2D eigenvalue weighted by molar-refractivity contribution is 5.78. The lowest BCUT2D eigenvalue weighted by Crippen LogP contribution is -2.35. The third-order valence-corrected chi connectivity index (χ3v) is 2.94. The molecule has 1 amide bonds. The number of amides is 1. The monoisotopic (exact) mass is 226 g/mol. The van der Waals surface area contributed by atoms with Crippen LogP contribution in [0.3, 0.4) is 0 Å². The number of nitrogens with one attached hydrogen (secondary N) is 3. The van der Waals surface area contributed by atoms with E-state index in [9.17, 15) is 4.79 Å². The van der Waals surface area contributed by atoms with Gasteiger partial charge in [0.25, 0.3) is 0 Å². The first-order chi connectivity index (χ1) is 7.70. The van der Waals surface area contributed by atoms with Crippen LogP contribution in [0.2, 0.25) is 0 Å². The number of rotatable bonds is 5. The molecule has 16 heavy (non-hydrogen) atoms. The van der Waals surface area contributed by atoms with E-state index in [0.29, 0.717) is 13.1 Å². The Morgan fingerprint density at radius 2 is 1.81 bits per heavy atom. The second-order valence-corrected chi connectivity index (χ2v) is 4.32. The van der Waals surface area contributed by atoms with Crippen LogP contribution in [-0.4, -0.2) is 25.0 Å². The lowest BCUT2D eigenvalue weighted by atomic mass is 9.89. The first-order valence-corrected chi connectivity index (χ1v) is 6.06. The summed E-state index contributed by atoms with van der Waals surface area (Å²) in [6.07, 6.45) is 6.52. The maximum Gasteiger partial charge on any atom is 0.223 e. The van der Waals surface area contributed by atoms with Gasteiger partial charge in [-0.15, -0.1) is 0 Å². The van der Waals surface area contributed by atoms with Crippen molar-refractivity contribution >= 4 is 11.9 Å². The van der Waals surface area contributed by atoms with Crippen molar-refractivity contribution in [3.63, 3.8) is 0 Å². The normalized spacial score (nSPS) is 16.8. The highest BCUT2D eigenvalue weighted by Crippen LogP contribution is 2.23. The summed E-state index contributed by atoms with van der Waals surface area (Å²) in [7, 11) is 0. The summed E-state index contributed by atoms with van der Waals surface area (Å²) in [6, 6.07) is 0. The zero-order chi connectivity index (χ0) is 11.8. The third-order valence-electron chi connectivity index (χ3n) is 2.94. The summed E-state index contributed by atoms with van der Waals surface area (Å²) < 4.78 is 0. The molecule has 0 aromatic rings. The summed E-state index contributed by atoms with van der Waals surface area (Å²) in [5.41, 5.74) is 5.14. The Balaban J connectivity index is 2.03. The van der Waals surface area contributed by atoms with Crippen LogP contribution in [0, 0.1) is 11.3 Å². The van der Waals surface area contributed by atoms with Crippen molar-refractivity contribution in [1.29, 1.82) is 5.41 Å². The summed E-state index contributed by atoms with van der Waals surface area (Å²) in [5.74, 6) is 0.413. The first kappa shape index (κ1) is 12.8. The van der Waals surface area contributed by atoms with Crippen molar-refractivity contribution < 1.29 is 4.79 Å². The Labute approximate surface area is 96.7 Å². The molecule has 0 aromatic carbocycles. The summed E-state index contributed by atoms with van der Waals surface area (Å²) >= 11 is 0. The molecule has 1 aliphatic rings. The Bertz CT molecular complexity index is 236. The molecule has 0 radical (unpaired) electrons. The van der Waals surface area contributed by atoms with Gasteiger partial charge in [0.1, 0.15) is 0 Å². The lowest BCUT2D eigenvalue weighted by molar-refractivity contribution is -0.125. The van der Waals surface area contributed by atoms with Crippen LogP contribution in [0.1, 0.15) is 38.5 Å². The minimum absolute atomic E-state index is 0.0152. The van der Waals surface area contributed by atoms with Gasteiger partial charge < -0.3 is 16.4 Å². The highest BCUT2D eigenvalue weighted by atomic mass is 16.1. The predicted octanol–water partition coefficient (Wildman–Crippen LogP) is 0.556. The van der Waals surface area contributed by atoms with E-state index >= 15 is 0 Å². The zero-order valence-corrected chi connectivity index (χ0v) is 9.72. The highest BCUT2D eigenvalue weighted by Gasteiger charge is 2.20. The van der Waals surface area contributed by atoms with Crippen LogP contribution >= 0.6 is 0 Å². The van der Waals surface area contributed by atoms with E-state index in [1.54, 1.807) is 0 Å². The fraction of sp³-hybridized carbons (Fsp3) is 0.818. The molecule has 0 aromatic heterocycles. The van der Waals surface area contributed by atoms with E-state index in [0.717, 1.165) is 19.3 Å². The number of carbonyl (C=O) groups excluding carboxylic acids is 1. The van der Waals surface area contributed by atoms with Crippen molar-refractivity contribution in [3.8, 4) is 0 Å². The first-order valence-electron chi connectivity index (χ1n) is 6.06. The van der Waals surface area contributed by atoms with Crippen LogP contribution in [0.4, 0.5) is 0 Å². The SMILES string of the molecule is N=C(N)NCCCNC(=O)C1CCCCC1. The Morgan fingerprint density at radius 3 is 2.44 bits per heavy atom. The van der Waals surface area contributed by atoms with Gasteiger partial charge in [-0.25, -0.2) is 0 Å². The maximum absolute atomic E-state index is 11.7. The Hall–Kier alpha value is -1.26. The van der Waals surface area contributed by atoms with Gasteiger partial charge in [-0.2, -0.15) is 0 Å². The molecule has 1 saturated carbocycles. The second-order valence-electron chi connectivity index (χ2n) is 4.32. The summed E-state index contributed by atoms with van der Waals surface area (Å²) in [6.45, 7) is 1.30. The minimum atomic E-state index is -0.0152. The summed E-state index contributed by atoms with van der Waals surface area (Å²) in [5, 5.41) is 12.6. The van der Waals surface area contributed by atoms with Gasteiger partial charge in [-0.05, 0) is 19.3 Å². The van der Waals surface area contributed by atoms with Crippen molar-refractivity contribution in [3.05, 3.63) is 0 Å². The largest absolute Gasteiger partial charge is 0.370 e. The van der Waals surface area contributed by atoms with E-state index < -0.39 is 0 Å². The van der Waals surface area contributed by atoms with E-state index in [-0.39, 0.29) is 17.8 Å². The number of hydrogen-bond acceptors (Lipinski definition) is 2. The molecule has 0 spiro atoms. The van der Waals surface area contributed by atoms with Crippen molar-refractivity contribution in [2.24, 2.45) is 11.7 Å². The smallest absolute Gasteiger partial charge is 0.223 e. The van der Waals surface area contributed by atoms with Gasteiger partial charge in [-0.3, -0.25) is 10.2 Å². The lowest BCUT2D eigenvalue weighted by Gasteiger charge is -2.20. The van der Waals surface area contributed by atoms with Crippen molar-refractivity contribution in [2.45, 2.75) is 38.5 Å². The van der Waals surface area contributed by atoms with Crippen molar-refractivity contribution in [1.82, 2.24) is 10.6 Å². The molecule has 0 unspecified atom stereocenters. The van der Waals surface area contributed by atoms with Gasteiger partial charge >= 0.3 is 0 Å². The molecule has 1 fully saturated rings. The fourth-order valence-corrected chi connectivity index (χ4v) is 2.03. The molecule has 0 atom stereocenters. The van der Waals surface area contributed by atoms with Crippen LogP contribution in [-0.2, 0) is 4.79 Å². The van der Waals surface area contributed by atoms with E-state index in [1.165, 1.54) is 19.3 Å². The average Bonchev–Trinajstić information content (AvgIpc) is 2.29. The molecule has 92 valence electrons. The zero-order valence-electron chi connectivity index (χ0n) is 9.72. The molecular formula is C11H22N4O. The van der Waals surface area contributed by atoms with Crippen molar-refractivity contribution in [2.75, 3.05) is 13.1 Å². The van der Waals surface area contributed by atoms with Gasteiger partial charge in [0.15, 0.2) is 5.96 Å². The molecule has 1 aliphatic carbocycles. The molecule has 0 heterocycles. The molecule has 1 rings (SSSR count). The van der Waals surface area contributed by atoms with Crippen LogP contribution in [0.5, 0.6) is 0 Å². The molecular weight excluding hydrogens is 204 g/mol. The maximum atomic E-state index is 11.7. The summed E-state index contributed by atoms with van der Waals surface area (Å²) in [4.78, 5) is 11.7. The Morgan fingerprint density at radius 1 is 1.19 bits per heavy atom. The molecule has 5 nitrogen and oxygen atoms in total. The van der Waals surface area contributed by atoms with E-state index in [2.05, 4.69) is 10.6 Å². The van der Waals surface area contributed by atoms with Gasteiger partial charge in [-0.1, -0.05) is 19.3 Å². The standard InChI is InChI=1S/C11H22N4O/c12-11(13)15-8-4-7-14-10(16)9-5-2-1-3-6-9/h9H,1-8H2,(H,14,16)(H4,12,13,15). The molecule has 5 heteroatoms. The fourth-order valence-electron chi connectivity index (χ4n) is 2.03. The molecule has 0 aliphatic heterocycles. The molecule has 5 N–H and O–H groups in total. The number of guanidine groups is 1.